The topological polar surface area (TPSA) is 57.2 Å². The molecule has 0 aliphatic carbocycles. The second kappa shape index (κ2) is 10.3. The predicted octanol–water partition coefficient (Wildman–Crippen LogP) is 9.48. The summed E-state index contributed by atoms with van der Waals surface area (Å²) in [5.41, 5.74) is 5.90. The van der Waals surface area contributed by atoms with E-state index in [0.29, 0.717) is 10.0 Å². The third kappa shape index (κ3) is 5.99. The van der Waals surface area contributed by atoms with Crippen LogP contribution in [-0.2, 0) is 5.41 Å². The molecule has 0 spiro atoms. The zero-order chi connectivity index (χ0) is 25.2. The largest absolute Gasteiger partial charge is 0.269 e. The van der Waals surface area contributed by atoms with Gasteiger partial charge in [0.15, 0.2) is 0 Å². The van der Waals surface area contributed by atoms with E-state index in [1.807, 2.05) is 48.5 Å². The van der Waals surface area contributed by atoms with Crippen LogP contribution in [-0.4, -0.2) is 4.92 Å². The van der Waals surface area contributed by atoms with Crippen molar-refractivity contribution in [3.8, 4) is 22.3 Å². The van der Waals surface area contributed by atoms with Gasteiger partial charge in [-0.1, -0.05) is 68.2 Å². The van der Waals surface area contributed by atoms with Gasteiger partial charge in [0, 0.05) is 50.1 Å². The van der Waals surface area contributed by atoms with Gasteiger partial charge < -0.3 is 0 Å². The number of hydrogen-bond acceptors (Lipinski definition) is 3. The Bertz CT molecular complexity index is 1280. The fourth-order valence-electron chi connectivity index (χ4n) is 3.59. The lowest BCUT2D eigenvalue weighted by atomic mass is 9.82. The Morgan fingerprint density at radius 2 is 1.23 bits per heavy atom. The number of non-ortho nitro benzene ring substituents is 1. The van der Waals surface area contributed by atoms with Gasteiger partial charge in [-0.15, -0.1) is 0 Å². The average molecular weight is 522 g/mol. The summed E-state index contributed by atoms with van der Waals surface area (Å²) in [4.78, 5) is 11.4. The van der Waals surface area contributed by atoms with Crippen LogP contribution in [0.2, 0.25) is 10.0 Å². The molecule has 0 amide bonds. The molecule has 177 valence electrons. The molecule has 4 aromatic rings. The highest BCUT2D eigenvalue weighted by Crippen LogP contribution is 2.43. The number of nitrogens with zero attached hydrogens (tertiary/aromatic N) is 2. The smallest absolute Gasteiger partial charge is 0.258 e. The van der Waals surface area contributed by atoms with Crippen LogP contribution in [0.25, 0.3) is 22.3 Å². The molecule has 0 bridgehead atoms. The van der Waals surface area contributed by atoms with Crippen LogP contribution in [0.3, 0.4) is 0 Å². The van der Waals surface area contributed by atoms with Crippen molar-refractivity contribution in [3.05, 3.63) is 111 Å². The maximum atomic E-state index is 11.0. The van der Waals surface area contributed by atoms with Crippen LogP contribution < -0.4 is 4.72 Å². The van der Waals surface area contributed by atoms with E-state index in [-0.39, 0.29) is 11.1 Å². The molecule has 0 heterocycles. The summed E-state index contributed by atoms with van der Waals surface area (Å²) < 4.78 is 4.95. The first-order valence-corrected chi connectivity index (χ1v) is 12.5. The molecule has 4 rings (SSSR count). The first-order valence-electron chi connectivity index (χ1n) is 10.9. The van der Waals surface area contributed by atoms with Crippen LogP contribution in [0, 0.1) is 10.1 Å². The van der Waals surface area contributed by atoms with Crippen molar-refractivity contribution in [2.24, 2.45) is 0 Å². The zero-order valence-electron chi connectivity index (χ0n) is 19.5. The van der Waals surface area contributed by atoms with Gasteiger partial charge in [0.1, 0.15) is 0 Å². The second-order valence-electron chi connectivity index (χ2n) is 9.12. The molecule has 35 heavy (non-hydrogen) atoms. The molecule has 0 fully saturated rings. The summed E-state index contributed by atoms with van der Waals surface area (Å²) in [5, 5.41) is 12.3. The third-order valence-corrected chi connectivity index (χ3v) is 6.84. The minimum atomic E-state index is -0.409. The Balaban J connectivity index is 1.87. The van der Waals surface area contributed by atoms with Crippen molar-refractivity contribution in [2.45, 2.75) is 31.1 Å². The van der Waals surface area contributed by atoms with Crippen LogP contribution in [0.4, 0.5) is 11.4 Å². The molecular weight excluding hydrogens is 499 g/mol. The quantitative estimate of drug-likeness (QED) is 0.144. The van der Waals surface area contributed by atoms with Crippen molar-refractivity contribution in [2.75, 3.05) is 0 Å². The Kier molecular flexibility index (Phi) is 7.41. The molecule has 4 aromatic carbocycles. The summed E-state index contributed by atoms with van der Waals surface area (Å²) in [5.74, 6) is 0. The van der Waals surface area contributed by atoms with Gasteiger partial charge in [0.05, 0.1) is 10.6 Å². The number of benzene rings is 4. The molecule has 0 aliphatic rings. The molecule has 4 nitrogen and oxygen atoms in total. The molecular formula is C28H23Cl2N2O2S. The van der Waals surface area contributed by atoms with E-state index in [9.17, 15) is 10.1 Å². The van der Waals surface area contributed by atoms with Gasteiger partial charge in [0.25, 0.3) is 5.69 Å². The van der Waals surface area contributed by atoms with E-state index >= 15 is 0 Å². The number of nitro groups is 1. The second-order valence-corrected chi connectivity index (χ2v) is 10.8. The van der Waals surface area contributed by atoms with Crippen LogP contribution in [0.5, 0.6) is 0 Å². The minimum absolute atomic E-state index is 0.0487. The minimum Gasteiger partial charge on any atom is -0.258 e. The van der Waals surface area contributed by atoms with Gasteiger partial charge >= 0.3 is 0 Å². The van der Waals surface area contributed by atoms with Gasteiger partial charge in [0.2, 0.25) is 0 Å². The van der Waals surface area contributed by atoms with E-state index in [1.54, 1.807) is 12.1 Å². The highest BCUT2D eigenvalue weighted by Gasteiger charge is 2.22. The SMILES string of the molecule is CC(C)(C)c1cc(-c2ccc(Cl)cc2)c([N]Sc2ccc([N+](=O)[O-])cc2)c(-c2ccc(Cl)cc2)c1. The molecule has 0 saturated heterocycles. The van der Waals surface area contributed by atoms with E-state index in [1.165, 1.54) is 29.6 Å². The van der Waals surface area contributed by atoms with Crippen LogP contribution in [0.1, 0.15) is 26.3 Å². The summed E-state index contributed by atoms with van der Waals surface area (Å²) in [7, 11) is 0. The summed E-state index contributed by atoms with van der Waals surface area (Å²) in [6.45, 7) is 6.55. The van der Waals surface area contributed by atoms with Crippen molar-refractivity contribution in [3.63, 3.8) is 0 Å². The predicted molar refractivity (Wildman–Crippen MR) is 147 cm³/mol. The molecule has 1 radical (unpaired) electrons. The molecule has 0 aliphatic heterocycles. The maximum absolute atomic E-state index is 11.0. The van der Waals surface area contributed by atoms with Crippen LogP contribution in [0.15, 0.2) is 89.8 Å². The lowest BCUT2D eigenvalue weighted by Crippen LogP contribution is -2.12. The van der Waals surface area contributed by atoms with Crippen molar-refractivity contribution >= 4 is 46.5 Å². The third-order valence-electron chi connectivity index (χ3n) is 5.58. The van der Waals surface area contributed by atoms with E-state index < -0.39 is 4.92 Å². The normalized spacial score (nSPS) is 11.3. The van der Waals surface area contributed by atoms with Gasteiger partial charge in [-0.3, -0.25) is 10.1 Å². The highest BCUT2D eigenvalue weighted by molar-refractivity contribution is 7.97. The lowest BCUT2D eigenvalue weighted by molar-refractivity contribution is -0.384. The molecule has 0 N–H and O–H groups in total. The number of rotatable bonds is 6. The van der Waals surface area contributed by atoms with Crippen LogP contribution >= 0.6 is 35.1 Å². The highest BCUT2D eigenvalue weighted by atomic mass is 35.5. The summed E-state index contributed by atoms with van der Waals surface area (Å²) >= 11 is 13.6. The van der Waals surface area contributed by atoms with Crippen molar-refractivity contribution < 1.29 is 4.92 Å². The standard InChI is InChI=1S/C28H23Cl2N2O2S/c1-28(2,3)20-16-25(18-4-8-21(29)9-5-18)27(26(17-20)19-6-10-22(30)11-7-19)31-35-24-14-12-23(13-15-24)32(33)34/h4-17H,1-3H3. The molecule has 0 aromatic heterocycles. The Morgan fingerprint density at radius 1 is 0.771 bits per heavy atom. The lowest BCUT2D eigenvalue weighted by Gasteiger charge is -2.24. The molecule has 0 unspecified atom stereocenters. The number of hydrogen-bond donors (Lipinski definition) is 0. The molecule has 0 atom stereocenters. The van der Waals surface area contributed by atoms with E-state index in [0.717, 1.165) is 32.8 Å². The van der Waals surface area contributed by atoms with E-state index in [2.05, 4.69) is 32.9 Å². The fourth-order valence-corrected chi connectivity index (χ4v) is 4.50. The maximum Gasteiger partial charge on any atom is 0.269 e. The number of halogens is 2. The van der Waals surface area contributed by atoms with Gasteiger partial charge in [-0.2, -0.15) is 0 Å². The summed E-state index contributed by atoms with van der Waals surface area (Å²) in [6, 6.07) is 26.2. The Morgan fingerprint density at radius 3 is 1.63 bits per heavy atom. The number of nitro benzene ring substituents is 1. The van der Waals surface area contributed by atoms with Gasteiger partial charge in [-0.25, -0.2) is 4.72 Å². The monoisotopic (exact) mass is 521 g/mol. The zero-order valence-corrected chi connectivity index (χ0v) is 21.8. The van der Waals surface area contributed by atoms with E-state index in [4.69, 9.17) is 27.9 Å². The van der Waals surface area contributed by atoms with Crippen molar-refractivity contribution in [1.29, 1.82) is 0 Å². The van der Waals surface area contributed by atoms with Gasteiger partial charge in [-0.05, 0) is 70.6 Å². The first kappa shape index (κ1) is 25.1. The fraction of sp³-hybridized carbons (Fsp3) is 0.143. The molecule has 7 heteroatoms. The summed E-state index contributed by atoms with van der Waals surface area (Å²) in [6.07, 6.45) is 0. The Labute approximate surface area is 219 Å². The molecule has 0 saturated carbocycles. The van der Waals surface area contributed by atoms with Crippen molar-refractivity contribution in [1.82, 2.24) is 4.72 Å². The Hall–Kier alpha value is -2.99. The average Bonchev–Trinajstić information content (AvgIpc) is 2.83. The first-order chi connectivity index (χ1) is 16.6.